The normalized spacial score (nSPS) is 15.5. The van der Waals surface area contributed by atoms with Gasteiger partial charge in [0, 0.05) is 12.8 Å². The number of carbonyl (C=O) groups is 3. The molecule has 0 atom stereocenters. The van der Waals surface area contributed by atoms with E-state index in [2.05, 4.69) is 10.5 Å². The van der Waals surface area contributed by atoms with Crippen LogP contribution in [0.5, 0.6) is 0 Å². The smallest absolute Gasteiger partial charge is 0.355 e. The van der Waals surface area contributed by atoms with E-state index < -0.39 is 24.1 Å². The van der Waals surface area contributed by atoms with Gasteiger partial charge in [0.25, 0.3) is 0 Å². The Morgan fingerprint density at radius 1 is 1.33 bits per heavy atom. The average molecular weight is 256 g/mol. The van der Waals surface area contributed by atoms with Gasteiger partial charge in [0.2, 0.25) is 5.91 Å². The summed E-state index contributed by atoms with van der Waals surface area (Å²) >= 11 is 0. The lowest BCUT2D eigenvalue weighted by Crippen LogP contribution is -2.32. The van der Waals surface area contributed by atoms with E-state index in [4.69, 9.17) is 9.47 Å². The molecule has 1 heterocycles. The average Bonchev–Trinajstić information content (AvgIpc) is 2.24. The van der Waals surface area contributed by atoms with Crippen molar-refractivity contribution < 1.29 is 23.9 Å². The molecule has 0 aromatic carbocycles. The standard InChI is InChI=1S/C11H16N2O5/c1-11(2,3)18-9(15)6-17-10(16)7-4-5-8(14)13-12-7/h4-6H2,1-3H3,(H,13,14). The number of hydrogen-bond acceptors (Lipinski definition) is 6. The largest absolute Gasteiger partial charge is 0.457 e. The number of nitrogens with zero attached hydrogens (tertiary/aromatic N) is 1. The van der Waals surface area contributed by atoms with E-state index in [1.165, 1.54) is 0 Å². The zero-order chi connectivity index (χ0) is 13.8. The van der Waals surface area contributed by atoms with Crippen molar-refractivity contribution in [3.05, 3.63) is 0 Å². The van der Waals surface area contributed by atoms with Crippen LogP contribution in [0.1, 0.15) is 33.6 Å². The number of ether oxygens (including phenoxy) is 2. The fourth-order valence-electron chi connectivity index (χ4n) is 1.20. The van der Waals surface area contributed by atoms with Crippen LogP contribution in [0.15, 0.2) is 5.10 Å². The van der Waals surface area contributed by atoms with E-state index in [-0.39, 0.29) is 24.5 Å². The summed E-state index contributed by atoms with van der Waals surface area (Å²) in [6.07, 6.45) is 0.388. The van der Waals surface area contributed by atoms with Gasteiger partial charge in [-0.05, 0) is 20.8 Å². The van der Waals surface area contributed by atoms with Crippen molar-refractivity contribution in [3.8, 4) is 0 Å². The highest BCUT2D eigenvalue weighted by Gasteiger charge is 2.22. The molecule has 0 aliphatic carbocycles. The van der Waals surface area contributed by atoms with Gasteiger partial charge in [0.1, 0.15) is 11.3 Å². The maximum atomic E-state index is 11.5. The first-order chi connectivity index (χ1) is 8.28. The monoisotopic (exact) mass is 256 g/mol. The second kappa shape index (κ2) is 5.61. The molecule has 0 aromatic rings. The zero-order valence-electron chi connectivity index (χ0n) is 10.6. The van der Waals surface area contributed by atoms with Crippen LogP contribution in [0, 0.1) is 0 Å². The summed E-state index contributed by atoms with van der Waals surface area (Å²) in [4.78, 5) is 33.6. The summed E-state index contributed by atoms with van der Waals surface area (Å²) in [5, 5.41) is 3.55. The lowest BCUT2D eigenvalue weighted by atomic mass is 10.2. The molecule has 1 aliphatic heterocycles. The topological polar surface area (TPSA) is 94.1 Å². The van der Waals surface area contributed by atoms with E-state index in [0.29, 0.717) is 0 Å². The van der Waals surface area contributed by atoms with Crippen molar-refractivity contribution in [1.82, 2.24) is 5.43 Å². The van der Waals surface area contributed by atoms with Gasteiger partial charge in [-0.3, -0.25) is 4.79 Å². The molecule has 100 valence electrons. The van der Waals surface area contributed by atoms with Gasteiger partial charge in [-0.1, -0.05) is 0 Å². The maximum absolute atomic E-state index is 11.5. The molecule has 0 bridgehead atoms. The number of rotatable bonds is 3. The summed E-state index contributed by atoms with van der Waals surface area (Å²) in [6.45, 7) is 4.68. The Morgan fingerprint density at radius 2 is 2.00 bits per heavy atom. The third-order valence-corrected chi connectivity index (χ3v) is 1.88. The van der Waals surface area contributed by atoms with Crippen molar-refractivity contribution in [1.29, 1.82) is 0 Å². The first kappa shape index (κ1) is 14.1. The summed E-state index contributed by atoms with van der Waals surface area (Å²) in [5.74, 6) is -1.60. The Hall–Kier alpha value is -1.92. The molecule has 7 heteroatoms. The van der Waals surface area contributed by atoms with E-state index in [9.17, 15) is 14.4 Å². The molecule has 7 nitrogen and oxygen atoms in total. The third-order valence-electron chi connectivity index (χ3n) is 1.88. The number of esters is 2. The Balaban J connectivity index is 2.38. The van der Waals surface area contributed by atoms with Crippen molar-refractivity contribution in [2.24, 2.45) is 5.10 Å². The molecule has 0 saturated heterocycles. The first-order valence-electron chi connectivity index (χ1n) is 5.52. The second-order valence-corrected chi connectivity index (χ2v) is 4.76. The van der Waals surface area contributed by atoms with Crippen LogP contribution in [0.25, 0.3) is 0 Å². The number of hydrogen-bond donors (Lipinski definition) is 1. The predicted octanol–water partition coefficient (Wildman–Crippen LogP) is 0.137. The van der Waals surface area contributed by atoms with Crippen molar-refractivity contribution in [2.75, 3.05) is 6.61 Å². The molecule has 0 unspecified atom stereocenters. The Labute approximate surface area is 105 Å². The van der Waals surface area contributed by atoms with Gasteiger partial charge < -0.3 is 9.47 Å². The zero-order valence-corrected chi connectivity index (χ0v) is 10.6. The molecule has 0 aromatic heterocycles. The van der Waals surface area contributed by atoms with Gasteiger partial charge in [-0.25, -0.2) is 15.0 Å². The molecule has 0 fully saturated rings. The molecule has 0 saturated carbocycles. The lowest BCUT2D eigenvalue weighted by Gasteiger charge is -2.19. The fraction of sp³-hybridized carbons (Fsp3) is 0.636. The minimum absolute atomic E-state index is 0.0955. The highest BCUT2D eigenvalue weighted by molar-refractivity contribution is 6.37. The molecular weight excluding hydrogens is 240 g/mol. The van der Waals surface area contributed by atoms with Crippen LogP contribution in [-0.2, 0) is 23.9 Å². The van der Waals surface area contributed by atoms with Gasteiger partial charge in [0.05, 0.1) is 0 Å². The summed E-state index contributed by atoms with van der Waals surface area (Å²) in [7, 11) is 0. The summed E-state index contributed by atoms with van der Waals surface area (Å²) in [6, 6.07) is 0. The molecule has 1 amide bonds. The van der Waals surface area contributed by atoms with E-state index in [1.807, 2.05) is 0 Å². The second-order valence-electron chi connectivity index (χ2n) is 4.76. The van der Waals surface area contributed by atoms with Crippen LogP contribution in [0.3, 0.4) is 0 Å². The molecule has 0 radical (unpaired) electrons. The van der Waals surface area contributed by atoms with Crippen molar-refractivity contribution in [2.45, 2.75) is 39.2 Å². The van der Waals surface area contributed by atoms with Crippen molar-refractivity contribution in [3.63, 3.8) is 0 Å². The fourth-order valence-corrected chi connectivity index (χ4v) is 1.20. The van der Waals surface area contributed by atoms with Crippen LogP contribution in [0.4, 0.5) is 0 Å². The van der Waals surface area contributed by atoms with Crippen LogP contribution in [-0.4, -0.2) is 35.8 Å². The Bertz CT molecular complexity index is 395. The summed E-state index contributed by atoms with van der Waals surface area (Å²) < 4.78 is 9.70. The van der Waals surface area contributed by atoms with Gasteiger partial charge in [-0.2, -0.15) is 5.10 Å². The van der Waals surface area contributed by atoms with Crippen molar-refractivity contribution >= 4 is 23.6 Å². The van der Waals surface area contributed by atoms with Crippen LogP contribution >= 0.6 is 0 Å². The van der Waals surface area contributed by atoms with Crippen LogP contribution in [0.2, 0.25) is 0 Å². The maximum Gasteiger partial charge on any atom is 0.355 e. The molecular formula is C11H16N2O5. The molecule has 18 heavy (non-hydrogen) atoms. The highest BCUT2D eigenvalue weighted by Crippen LogP contribution is 2.07. The number of carbonyl (C=O) groups excluding carboxylic acids is 3. The Kier molecular flexibility index (Phi) is 4.41. The Morgan fingerprint density at radius 3 is 2.50 bits per heavy atom. The van der Waals surface area contributed by atoms with Gasteiger partial charge in [0.15, 0.2) is 6.61 Å². The lowest BCUT2D eigenvalue weighted by molar-refractivity contribution is -0.164. The van der Waals surface area contributed by atoms with Gasteiger partial charge in [-0.15, -0.1) is 0 Å². The highest BCUT2D eigenvalue weighted by atomic mass is 16.6. The first-order valence-corrected chi connectivity index (χ1v) is 5.52. The number of nitrogens with one attached hydrogen (secondary N) is 1. The molecule has 1 rings (SSSR count). The van der Waals surface area contributed by atoms with Crippen LogP contribution < -0.4 is 5.43 Å². The van der Waals surface area contributed by atoms with E-state index in [0.717, 1.165) is 0 Å². The summed E-state index contributed by atoms with van der Waals surface area (Å²) in [5.41, 5.74) is 1.64. The molecule has 0 spiro atoms. The minimum Gasteiger partial charge on any atom is -0.457 e. The van der Waals surface area contributed by atoms with E-state index >= 15 is 0 Å². The number of amides is 1. The SMILES string of the molecule is CC(C)(C)OC(=O)COC(=O)C1=NNC(=O)CC1. The number of hydrazone groups is 1. The molecule has 1 N–H and O–H groups in total. The minimum atomic E-state index is -0.721. The van der Waals surface area contributed by atoms with E-state index in [1.54, 1.807) is 20.8 Å². The molecule has 1 aliphatic rings. The third kappa shape index (κ3) is 4.94. The van der Waals surface area contributed by atoms with Gasteiger partial charge >= 0.3 is 11.9 Å². The quantitative estimate of drug-likeness (QED) is 0.725. The predicted molar refractivity (Wildman–Crippen MR) is 61.6 cm³/mol.